The lowest BCUT2D eigenvalue weighted by Gasteiger charge is -2.18. The van der Waals surface area contributed by atoms with Gasteiger partial charge in [0.05, 0.1) is 11.4 Å². The fourth-order valence-electron chi connectivity index (χ4n) is 4.12. The molecule has 3 N–H and O–H groups in total. The summed E-state index contributed by atoms with van der Waals surface area (Å²) in [4.78, 5) is 25.5. The first-order chi connectivity index (χ1) is 18.9. The van der Waals surface area contributed by atoms with E-state index in [-0.39, 0.29) is 24.0 Å². The lowest BCUT2D eigenvalue weighted by atomic mass is 9.92. The number of carbonyl (C=O) groups excluding carboxylic acids is 2. The van der Waals surface area contributed by atoms with Crippen molar-refractivity contribution in [1.82, 2.24) is 5.32 Å². The van der Waals surface area contributed by atoms with Crippen LogP contribution in [0.2, 0.25) is 0 Å². The second kappa shape index (κ2) is 14.0. The van der Waals surface area contributed by atoms with Crippen molar-refractivity contribution in [3.8, 4) is 11.1 Å². The number of hydrogen-bond acceptors (Lipinski definition) is 4. The van der Waals surface area contributed by atoms with E-state index in [4.69, 9.17) is 4.55 Å². The summed E-state index contributed by atoms with van der Waals surface area (Å²) >= 11 is 0. The third-order valence-electron chi connectivity index (χ3n) is 6.28. The standard InChI is InChI=1S/C30H32F2N2O5S/c1-20(2)4-3-5-25(18-21-6-8-23(9-7-21)29(35)33-16-17-40(37,38)39)30(36)34-28-15-12-24(19-27(28)32)22-10-13-26(31)14-11-22/h6-15,19,25H,1,3-5,16-18H2,2H3,(H,33,35)(H,34,36)(H,37,38,39). The monoisotopic (exact) mass is 570 g/mol. The van der Waals surface area contributed by atoms with Crippen molar-refractivity contribution in [2.24, 2.45) is 5.92 Å². The Morgan fingerprint density at radius 1 is 0.975 bits per heavy atom. The van der Waals surface area contributed by atoms with Gasteiger partial charge in [-0.05, 0) is 85.7 Å². The Balaban J connectivity index is 1.69. The van der Waals surface area contributed by atoms with Gasteiger partial charge in [-0.2, -0.15) is 8.42 Å². The van der Waals surface area contributed by atoms with Crippen LogP contribution in [0.25, 0.3) is 11.1 Å². The minimum absolute atomic E-state index is 0.0395. The fourth-order valence-corrected chi connectivity index (χ4v) is 4.48. The Morgan fingerprint density at radius 3 is 2.23 bits per heavy atom. The van der Waals surface area contributed by atoms with Crippen molar-refractivity contribution in [2.45, 2.75) is 32.6 Å². The number of allylic oxidation sites excluding steroid dienone is 1. The van der Waals surface area contributed by atoms with Crippen LogP contribution in [-0.2, 0) is 21.3 Å². The Morgan fingerprint density at radius 2 is 1.62 bits per heavy atom. The van der Waals surface area contributed by atoms with Crippen LogP contribution >= 0.6 is 0 Å². The SMILES string of the molecule is C=C(C)CCCC(Cc1ccc(C(=O)NCCS(=O)(=O)O)cc1)C(=O)Nc1ccc(-c2ccc(F)cc2)cc1F. The molecule has 1 atom stereocenters. The number of rotatable bonds is 13. The van der Waals surface area contributed by atoms with Gasteiger partial charge in [0.25, 0.3) is 16.0 Å². The van der Waals surface area contributed by atoms with Crippen molar-refractivity contribution in [3.63, 3.8) is 0 Å². The highest BCUT2D eigenvalue weighted by molar-refractivity contribution is 7.85. The molecule has 0 aliphatic heterocycles. The third-order valence-corrected chi connectivity index (χ3v) is 7.00. The van der Waals surface area contributed by atoms with E-state index in [0.29, 0.717) is 36.0 Å². The summed E-state index contributed by atoms with van der Waals surface area (Å²) < 4.78 is 58.5. The molecule has 0 saturated carbocycles. The average Bonchev–Trinajstić information content (AvgIpc) is 2.89. The zero-order chi connectivity index (χ0) is 29.3. The van der Waals surface area contributed by atoms with Crippen molar-refractivity contribution < 1.29 is 31.3 Å². The van der Waals surface area contributed by atoms with Gasteiger partial charge in [-0.15, -0.1) is 6.58 Å². The molecule has 40 heavy (non-hydrogen) atoms. The topological polar surface area (TPSA) is 113 Å². The summed E-state index contributed by atoms with van der Waals surface area (Å²) in [6.07, 6.45) is 2.34. The highest BCUT2D eigenvalue weighted by atomic mass is 32.2. The zero-order valence-corrected chi connectivity index (χ0v) is 22.9. The normalized spacial score (nSPS) is 12.0. The van der Waals surface area contributed by atoms with Crippen LogP contribution in [0.4, 0.5) is 14.5 Å². The number of carbonyl (C=O) groups is 2. The van der Waals surface area contributed by atoms with Crippen molar-refractivity contribution in [1.29, 1.82) is 0 Å². The Labute approximate surface area is 233 Å². The van der Waals surface area contributed by atoms with Gasteiger partial charge < -0.3 is 10.6 Å². The predicted molar refractivity (Wildman–Crippen MR) is 151 cm³/mol. The molecule has 0 heterocycles. The fraction of sp³-hybridized carbons (Fsp3) is 0.267. The Bertz CT molecular complexity index is 1460. The molecule has 0 bridgehead atoms. The molecule has 0 radical (unpaired) electrons. The second-order valence-electron chi connectivity index (χ2n) is 9.68. The van der Waals surface area contributed by atoms with Crippen LogP contribution in [-0.4, -0.2) is 37.1 Å². The molecular formula is C30H32F2N2O5S. The summed E-state index contributed by atoms with van der Waals surface area (Å²) in [6.45, 7) is 5.58. The maximum absolute atomic E-state index is 14.9. The summed E-state index contributed by atoms with van der Waals surface area (Å²) in [5.74, 6) is -2.91. The van der Waals surface area contributed by atoms with E-state index in [9.17, 15) is 26.8 Å². The summed E-state index contributed by atoms with van der Waals surface area (Å²) in [5.41, 5.74) is 3.31. The third kappa shape index (κ3) is 9.69. The van der Waals surface area contributed by atoms with Gasteiger partial charge in [-0.1, -0.05) is 35.9 Å². The quantitative estimate of drug-likeness (QED) is 0.178. The van der Waals surface area contributed by atoms with Gasteiger partial charge in [0.15, 0.2) is 0 Å². The molecule has 0 saturated heterocycles. The molecule has 3 aromatic carbocycles. The molecule has 7 nitrogen and oxygen atoms in total. The molecule has 3 aromatic rings. The number of anilines is 1. The van der Waals surface area contributed by atoms with Gasteiger partial charge in [-0.25, -0.2) is 8.78 Å². The number of benzene rings is 3. The first kappa shape index (κ1) is 30.6. The second-order valence-corrected chi connectivity index (χ2v) is 11.3. The molecule has 212 valence electrons. The smallest absolute Gasteiger partial charge is 0.266 e. The summed E-state index contributed by atoms with van der Waals surface area (Å²) in [6, 6.07) is 16.6. The van der Waals surface area contributed by atoms with E-state index >= 15 is 0 Å². The maximum Gasteiger partial charge on any atom is 0.266 e. The molecule has 10 heteroatoms. The highest BCUT2D eigenvalue weighted by Gasteiger charge is 2.21. The molecule has 3 rings (SSSR count). The number of halogens is 2. The van der Waals surface area contributed by atoms with E-state index in [0.717, 1.165) is 17.6 Å². The predicted octanol–water partition coefficient (Wildman–Crippen LogP) is 5.79. The van der Waals surface area contributed by atoms with Crippen LogP contribution in [0.3, 0.4) is 0 Å². The molecule has 0 aliphatic carbocycles. The molecule has 0 aliphatic rings. The van der Waals surface area contributed by atoms with E-state index in [1.54, 1.807) is 42.5 Å². The van der Waals surface area contributed by atoms with Crippen LogP contribution in [0.5, 0.6) is 0 Å². The number of amides is 2. The van der Waals surface area contributed by atoms with E-state index < -0.39 is 33.5 Å². The molecule has 2 amide bonds. The zero-order valence-electron chi connectivity index (χ0n) is 22.1. The van der Waals surface area contributed by atoms with Gasteiger partial charge in [0.2, 0.25) is 5.91 Å². The van der Waals surface area contributed by atoms with Gasteiger partial charge in [0, 0.05) is 18.0 Å². The lowest BCUT2D eigenvalue weighted by molar-refractivity contribution is -0.120. The number of nitrogens with one attached hydrogen (secondary N) is 2. The van der Waals surface area contributed by atoms with Gasteiger partial charge >= 0.3 is 0 Å². The summed E-state index contributed by atoms with van der Waals surface area (Å²) in [5, 5.41) is 5.11. The van der Waals surface area contributed by atoms with Crippen LogP contribution < -0.4 is 10.6 Å². The van der Waals surface area contributed by atoms with Crippen molar-refractivity contribution in [2.75, 3.05) is 17.6 Å². The van der Waals surface area contributed by atoms with E-state index in [2.05, 4.69) is 17.2 Å². The highest BCUT2D eigenvalue weighted by Crippen LogP contribution is 2.26. The van der Waals surface area contributed by atoms with Gasteiger partial charge in [-0.3, -0.25) is 14.1 Å². The maximum atomic E-state index is 14.9. The Kier molecular flexibility index (Phi) is 10.7. The van der Waals surface area contributed by atoms with Crippen LogP contribution in [0.1, 0.15) is 42.1 Å². The first-order valence-corrected chi connectivity index (χ1v) is 14.4. The van der Waals surface area contributed by atoms with Crippen LogP contribution in [0.15, 0.2) is 78.9 Å². The molecule has 1 unspecified atom stereocenters. The molecule has 0 fully saturated rings. The van der Waals surface area contributed by atoms with Crippen molar-refractivity contribution in [3.05, 3.63) is 102 Å². The van der Waals surface area contributed by atoms with E-state index in [1.807, 2.05) is 6.92 Å². The number of hydrogen-bond donors (Lipinski definition) is 3. The van der Waals surface area contributed by atoms with Crippen molar-refractivity contribution >= 4 is 27.6 Å². The molecule has 0 spiro atoms. The van der Waals surface area contributed by atoms with Crippen LogP contribution in [0, 0.1) is 17.6 Å². The molecule has 0 aromatic heterocycles. The largest absolute Gasteiger partial charge is 0.351 e. The lowest BCUT2D eigenvalue weighted by Crippen LogP contribution is -2.29. The first-order valence-electron chi connectivity index (χ1n) is 12.7. The van der Waals surface area contributed by atoms with E-state index in [1.165, 1.54) is 24.3 Å². The summed E-state index contributed by atoms with van der Waals surface area (Å²) in [7, 11) is -4.18. The Hall–Kier alpha value is -3.89. The molecular weight excluding hydrogens is 538 g/mol. The minimum atomic E-state index is -4.18. The average molecular weight is 571 g/mol. The van der Waals surface area contributed by atoms with Gasteiger partial charge in [0.1, 0.15) is 11.6 Å². The minimum Gasteiger partial charge on any atom is -0.351 e.